The van der Waals surface area contributed by atoms with Crippen molar-refractivity contribution in [2.75, 3.05) is 13.2 Å². The van der Waals surface area contributed by atoms with Crippen LogP contribution >= 0.6 is 0 Å². The number of aromatic nitrogens is 1. The van der Waals surface area contributed by atoms with E-state index in [4.69, 9.17) is 4.74 Å². The molecule has 5 nitrogen and oxygen atoms in total. The molecule has 0 unspecified atom stereocenters. The zero-order valence-electron chi connectivity index (χ0n) is 15.2. The summed E-state index contributed by atoms with van der Waals surface area (Å²) < 4.78 is 4.89. The van der Waals surface area contributed by atoms with Crippen molar-refractivity contribution >= 4 is 22.8 Å². The van der Waals surface area contributed by atoms with E-state index in [-0.39, 0.29) is 5.91 Å². The van der Waals surface area contributed by atoms with Gasteiger partial charge in [-0.1, -0.05) is 54.6 Å². The Morgan fingerprint density at radius 2 is 1.81 bits per heavy atom. The molecule has 0 aliphatic heterocycles. The molecule has 138 valence electrons. The van der Waals surface area contributed by atoms with Crippen LogP contribution in [0.5, 0.6) is 0 Å². The van der Waals surface area contributed by atoms with Gasteiger partial charge in [-0.15, -0.1) is 0 Å². The third-order valence-corrected chi connectivity index (χ3v) is 4.13. The Balaban J connectivity index is 1.81. The van der Waals surface area contributed by atoms with Crippen LogP contribution in [-0.2, 0) is 16.1 Å². The molecule has 1 N–H and O–H groups in total. The number of H-pyrrole nitrogens is 1. The number of benzene rings is 2. The number of para-hydroxylation sites is 1. The molecule has 0 saturated carbocycles. The number of carbonyl (C=O) groups is 2. The van der Waals surface area contributed by atoms with Gasteiger partial charge in [0.05, 0.1) is 6.61 Å². The molecular formula is C22H22N2O3. The first-order chi connectivity index (χ1) is 13.2. The zero-order valence-corrected chi connectivity index (χ0v) is 15.2. The summed E-state index contributed by atoms with van der Waals surface area (Å²) in [5.41, 5.74) is 2.46. The molecule has 0 aliphatic rings. The van der Waals surface area contributed by atoms with Gasteiger partial charge in [-0.05, 0) is 24.6 Å². The number of hydrogen-bond acceptors (Lipinski definition) is 3. The van der Waals surface area contributed by atoms with Crippen LogP contribution in [0.4, 0.5) is 0 Å². The van der Waals surface area contributed by atoms with E-state index in [1.54, 1.807) is 17.9 Å². The molecule has 1 heterocycles. The van der Waals surface area contributed by atoms with Crippen LogP contribution in [0.3, 0.4) is 0 Å². The molecule has 2 aromatic carbocycles. The Bertz CT molecular complexity index is 911. The molecule has 0 radical (unpaired) electrons. The van der Waals surface area contributed by atoms with Gasteiger partial charge in [0.15, 0.2) is 0 Å². The van der Waals surface area contributed by atoms with Crippen LogP contribution in [-0.4, -0.2) is 34.9 Å². The standard InChI is InChI=1S/C22H22N2O3/c1-2-27-21(25)13-8-14-24(16-17-9-4-3-5-10-17)22(26)20-15-18-11-6-7-12-19(18)23-20/h3-13,15,23H,2,14,16H2,1H3/b13-8+. The molecule has 1 aromatic heterocycles. The van der Waals surface area contributed by atoms with Crippen molar-refractivity contribution < 1.29 is 14.3 Å². The average Bonchev–Trinajstić information content (AvgIpc) is 3.12. The number of rotatable bonds is 7. The summed E-state index contributed by atoms with van der Waals surface area (Å²) in [6.07, 6.45) is 3.02. The first-order valence-corrected chi connectivity index (χ1v) is 8.91. The van der Waals surface area contributed by atoms with Crippen LogP contribution in [0, 0.1) is 0 Å². The summed E-state index contributed by atoms with van der Waals surface area (Å²) in [7, 11) is 0. The van der Waals surface area contributed by atoms with Crippen molar-refractivity contribution in [1.29, 1.82) is 0 Å². The van der Waals surface area contributed by atoms with Gasteiger partial charge in [-0.2, -0.15) is 0 Å². The predicted octanol–water partition coefficient (Wildman–Crippen LogP) is 3.93. The second-order valence-electron chi connectivity index (χ2n) is 6.10. The first kappa shape index (κ1) is 18.5. The van der Waals surface area contributed by atoms with Crippen LogP contribution in [0.2, 0.25) is 0 Å². The van der Waals surface area contributed by atoms with Crippen LogP contribution in [0.25, 0.3) is 10.9 Å². The Labute approximate surface area is 158 Å². The summed E-state index contributed by atoms with van der Waals surface area (Å²) in [6, 6.07) is 19.4. The van der Waals surface area contributed by atoms with Gasteiger partial charge in [0.25, 0.3) is 5.91 Å². The van der Waals surface area contributed by atoms with E-state index in [1.807, 2.05) is 60.7 Å². The number of esters is 1. The van der Waals surface area contributed by atoms with Crippen LogP contribution < -0.4 is 0 Å². The number of fused-ring (bicyclic) bond motifs is 1. The summed E-state index contributed by atoms with van der Waals surface area (Å²) in [5.74, 6) is -0.529. The molecule has 0 bridgehead atoms. The molecular weight excluding hydrogens is 340 g/mol. The number of amides is 1. The van der Waals surface area contributed by atoms with Crippen molar-refractivity contribution in [3.05, 3.63) is 84.1 Å². The molecule has 0 spiro atoms. The van der Waals surface area contributed by atoms with Crippen LogP contribution in [0.1, 0.15) is 23.0 Å². The van der Waals surface area contributed by atoms with Gasteiger partial charge in [0.2, 0.25) is 0 Å². The Hall–Kier alpha value is -3.34. The summed E-state index contributed by atoms with van der Waals surface area (Å²) in [6.45, 7) is 2.84. The minimum Gasteiger partial charge on any atom is -0.463 e. The third kappa shape index (κ3) is 4.85. The van der Waals surface area contributed by atoms with Crippen molar-refractivity contribution in [3.63, 3.8) is 0 Å². The van der Waals surface area contributed by atoms with E-state index in [1.165, 1.54) is 6.08 Å². The van der Waals surface area contributed by atoms with Gasteiger partial charge in [0, 0.05) is 30.1 Å². The molecule has 0 aliphatic carbocycles. The van der Waals surface area contributed by atoms with Crippen molar-refractivity contribution in [2.45, 2.75) is 13.5 Å². The SMILES string of the molecule is CCOC(=O)/C=C/CN(Cc1ccccc1)C(=O)c1cc2ccccc2[nH]1. The largest absolute Gasteiger partial charge is 0.463 e. The molecule has 0 atom stereocenters. The maximum atomic E-state index is 13.1. The van der Waals surface area contributed by atoms with E-state index < -0.39 is 5.97 Å². The molecule has 0 fully saturated rings. The van der Waals surface area contributed by atoms with Gasteiger partial charge in [-0.25, -0.2) is 4.79 Å². The maximum Gasteiger partial charge on any atom is 0.330 e. The van der Waals surface area contributed by atoms with Gasteiger partial charge < -0.3 is 14.6 Å². The molecule has 1 amide bonds. The second kappa shape index (κ2) is 8.85. The zero-order chi connectivity index (χ0) is 19.1. The van der Waals surface area contributed by atoms with Gasteiger partial charge >= 0.3 is 5.97 Å². The van der Waals surface area contributed by atoms with Crippen LogP contribution in [0.15, 0.2) is 72.8 Å². The lowest BCUT2D eigenvalue weighted by Crippen LogP contribution is -2.31. The molecule has 27 heavy (non-hydrogen) atoms. The van der Waals surface area contributed by atoms with E-state index in [0.29, 0.717) is 25.4 Å². The van der Waals surface area contributed by atoms with Gasteiger partial charge in [0.1, 0.15) is 5.69 Å². The summed E-state index contributed by atoms with van der Waals surface area (Å²) in [5, 5.41) is 0.988. The van der Waals surface area contributed by atoms with Gasteiger partial charge in [-0.3, -0.25) is 4.79 Å². The molecule has 3 aromatic rings. The lowest BCUT2D eigenvalue weighted by atomic mass is 10.2. The quantitative estimate of drug-likeness (QED) is 0.512. The topological polar surface area (TPSA) is 62.4 Å². The lowest BCUT2D eigenvalue weighted by Gasteiger charge is -2.20. The number of nitrogens with one attached hydrogen (secondary N) is 1. The average molecular weight is 362 g/mol. The minimum absolute atomic E-state index is 0.122. The lowest BCUT2D eigenvalue weighted by molar-refractivity contribution is -0.137. The maximum absolute atomic E-state index is 13.1. The smallest absolute Gasteiger partial charge is 0.330 e. The summed E-state index contributed by atoms with van der Waals surface area (Å²) in [4.78, 5) is 29.5. The predicted molar refractivity (Wildman–Crippen MR) is 105 cm³/mol. The van der Waals surface area contributed by atoms with E-state index in [2.05, 4.69) is 4.98 Å². The Morgan fingerprint density at radius 3 is 2.56 bits per heavy atom. The van der Waals surface area contributed by atoms with Crippen molar-refractivity contribution in [1.82, 2.24) is 9.88 Å². The third-order valence-electron chi connectivity index (χ3n) is 4.13. The fourth-order valence-corrected chi connectivity index (χ4v) is 2.85. The van der Waals surface area contributed by atoms with Crippen molar-refractivity contribution in [2.24, 2.45) is 0 Å². The number of ether oxygens (including phenoxy) is 1. The summed E-state index contributed by atoms with van der Waals surface area (Å²) >= 11 is 0. The first-order valence-electron chi connectivity index (χ1n) is 8.91. The minimum atomic E-state index is -0.407. The second-order valence-corrected chi connectivity index (χ2v) is 6.10. The highest BCUT2D eigenvalue weighted by molar-refractivity contribution is 5.98. The number of hydrogen-bond donors (Lipinski definition) is 1. The number of aromatic amines is 1. The molecule has 3 rings (SSSR count). The monoisotopic (exact) mass is 362 g/mol. The molecule has 5 heteroatoms. The fourth-order valence-electron chi connectivity index (χ4n) is 2.85. The Kier molecular flexibility index (Phi) is 6.05. The van der Waals surface area contributed by atoms with E-state index in [0.717, 1.165) is 16.5 Å². The Morgan fingerprint density at radius 1 is 1.07 bits per heavy atom. The number of nitrogens with zero attached hydrogens (tertiary/aromatic N) is 1. The number of carbonyl (C=O) groups excluding carboxylic acids is 2. The highest BCUT2D eigenvalue weighted by Gasteiger charge is 2.17. The molecule has 0 saturated heterocycles. The fraction of sp³-hybridized carbons (Fsp3) is 0.182. The normalized spacial score (nSPS) is 11.0. The highest BCUT2D eigenvalue weighted by Crippen LogP contribution is 2.17. The highest BCUT2D eigenvalue weighted by atomic mass is 16.5. The van der Waals surface area contributed by atoms with Crippen molar-refractivity contribution in [3.8, 4) is 0 Å². The van der Waals surface area contributed by atoms with E-state index >= 15 is 0 Å². The van der Waals surface area contributed by atoms with E-state index in [9.17, 15) is 9.59 Å².